The molecule has 1 aliphatic carbocycles. The Kier molecular flexibility index (Phi) is 5.66. The van der Waals surface area contributed by atoms with Gasteiger partial charge in [-0.15, -0.1) is 0 Å². The number of nitrogens with one attached hydrogen (secondary N) is 2. The number of rotatable bonds is 6. The maximum Gasteiger partial charge on any atom is 0.387 e. The third-order valence-corrected chi connectivity index (χ3v) is 4.93. The minimum atomic E-state index is -2.81. The minimum absolute atomic E-state index is 0.0245. The maximum absolute atomic E-state index is 12.3. The van der Waals surface area contributed by atoms with Crippen molar-refractivity contribution in [2.45, 2.75) is 51.2 Å². The molecule has 2 aliphatic rings. The molecule has 1 aromatic rings. The van der Waals surface area contributed by atoms with Crippen molar-refractivity contribution in [1.82, 2.24) is 10.6 Å². The number of hydrogen-bond acceptors (Lipinski definition) is 3. The number of fused-ring (bicyclic) bond motifs is 1. The van der Waals surface area contributed by atoms with Crippen LogP contribution in [0.2, 0.25) is 0 Å². The lowest BCUT2D eigenvalue weighted by atomic mass is 9.87. The van der Waals surface area contributed by atoms with E-state index in [9.17, 15) is 13.6 Å². The first-order valence-electron chi connectivity index (χ1n) is 8.69. The van der Waals surface area contributed by atoms with E-state index in [-0.39, 0.29) is 17.7 Å². The predicted molar refractivity (Wildman–Crippen MR) is 87.1 cm³/mol. The number of ether oxygens (including phenoxy) is 1. The molecule has 1 fully saturated rings. The van der Waals surface area contributed by atoms with Crippen LogP contribution >= 0.6 is 0 Å². The highest BCUT2D eigenvalue weighted by atomic mass is 19.3. The third kappa shape index (κ3) is 4.44. The molecule has 4 nitrogen and oxygen atoms in total. The van der Waals surface area contributed by atoms with E-state index in [2.05, 4.69) is 15.4 Å². The Labute approximate surface area is 141 Å². The van der Waals surface area contributed by atoms with Gasteiger partial charge in [0.05, 0.1) is 6.04 Å². The van der Waals surface area contributed by atoms with Crippen molar-refractivity contribution in [2.24, 2.45) is 5.92 Å². The molecule has 132 valence electrons. The number of amides is 1. The highest BCUT2D eigenvalue weighted by Gasteiger charge is 2.23. The molecule has 1 heterocycles. The summed E-state index contributed by atoms with van der Waals surface area (Å²) in [6, 6.07) is 5.00. The average Bonchev–Trinajstić information content (AvgIpc) is 3.06. The summed E-state index contributed by atoms with van der Waals surface area (Å²) in [6.45, 7) is -0.759. The fourth-order valence-electron chi connectivity index (χ4n) is 3.68. The molecule has 0 spiro atoms. The zero-order valence-electron chi connectivity index (χ0n) is 13.7. The third-order valence-electron chi connectivity index (χ3n) is 4.93. The molecule has 1 saturated heterocycles. The van der Waals surface area contributed by atoms with Crippen molar-refractivity contribution in [3.05, 3.63) is 29.3 Å². The fourth-order valence-corrected chi connectivity index (χ4v) is 3.68. The van der Waals surface area contributed by atoms with Gasteiger partial charge in [-0.25, -0.2) is 0 Å². The Morgan fingerprint density at radius 1 is 1.38 bits per heavy atom. The van der Waals surface area contributed by atoms with E-state index in [1.165, 1.54) is 0 Å². The maximum atomic E-state index is 12.3. The number of carbonyl (C=O) groups is 1. The lowest BCUT2D eigenvalue weighted by molar-refractivity contribution is -0.122. The van der Waals surface area contributed by atoms with Gasteiger partial charge in [0, 0.05) is 6.42 Å². The quantitative estimate of drug-likeness (QED) is 0.838. The molecule has 24 heavy (non-hydrogen) atoms. The number of hydrogen-bond donors (Lipinski definition) is 2. The Morgan fingerprint density at radius 2 is 2.25 bits per heavy atom. The summed E-state index contributed by atoms with van der Waals surface area (Å²) in [5, 5.41) is 6.42. The topological polar surface area (TPSA) is 50.4 Å². The molecule has 2 N–H and O–H groups in total. The van der Waals surface area contributed by atoms with Crippen LogP contribution in [0.3, 0.4) is 0 Å². The van der Waals surface area contributed by atoms with E-state index in [4.69, 9.17) is 0 Å². The normalized spacial score (nSPS) is 23.1. The van der Waals surface area contributed by atoms with E-state index in [0.717, 1.165) is 56.3 Å². The summed E-state index contributed by atoms with van der Waals surface area (Å²) in [5.41, 5.74) is 2.02. The monoisotopic (exact) mass is 338 g/mol. The Bertz CT molecular complexity index is 574. The van der Waals surface area contributed by atoms with Gasteiger partial charge in [-0.2, -0.15) is 8.78 Å². The lowest BCUT2D eigenvalue weighted by Gasteiger charge is -2.27. The summed E-state index contributed by atoms with van der Waals surface area (Å²) >= 11 is 0. The van der Waals surface area contributed by atoms with Crippen LogP contribution in [0.5, 0.6) is 5.75 Å². The summed E-state index contributed by atoms with van der Waals surface area (Å²) in [4.78, 5) is 12.2. The summed E-state index contributed by atoms with van der Waals surface area (Å²) in [6.07, 6.45) is 5.26. The van der Waals surface area contributed by atoms with Crippen molar-refractivity contribution in [1.29, 1.82) is 0 Å². The highest BCUT2D eigenvalue weighted by Crippen LogP contribution is 2.32. The van der Waals surface area contributed by atoms with Gasteiger partial charge in [0.1, 0.15) is 5.75 Å². The van der Waals surface area contributed by atoms with E-state index in [0.29, 0.717) is 12.3 Å². The van der Waals surface area contributed by atoms with Gasteiger partial charge in [0.15, 0.2) is 0 Å². The number of halogens is 2. The van der Waals surface area contributed by atoms with Crippen molar-refractivity contribution in [3.63, 3.8) is 0 Å². The molecule has 0 saturated carbocycles. The van der Waals surface area contributed by atoms with Gasteiger partial charge in [-0.3, -0.25) is 4.79 Å². The summed E-state index contributed by atoms with van der Waals surface area (Å²) in [7, 11) is 0. The Morgan fingerprint density at radius 3 is 3.00 bits per heavy atom. The molecule has 0 aromatic heterocycles. The van der Waals surface area contributed by atoms with Crippen molar-refractivity contribution in [2.75, 3.05) is 13.1 Å². The second kappa shape index (κ2) is 7.92. The van der Waals surface area contributed by atoms with Gasteiger partial charge in [-0.1, -0.05) is 6.07 Å². The van der Waals surface area contributed by atoms with E-state index in [1.54, 1.807) is 18.2 Å². The molecule has 1 aromatic carbocycles. The van der Waals surface area contributed by atoms with Gasteiger partial charge in [0.25, 0.3) is 0 Å². The highest BCUT2D eigenvalue weighted by molar-refractivity contribution is 5.76. The second-order valence-corrected chi connectivity index (χ2v) is 6.65. The SMILES string of the molecule is O=C(CCC1CCNC1)NC1CCCc2cc(OC(F)F)ccc21. The Hall–Kier alpha value is -1.69. The molecule has 2 unspecified atom stereocenters. The molecule has 6 heteroatoms. The van der Waals surface area contributed by atoms with Crippen LogP contribution in [0, 0.1) is 5.92 Å². The number of benzene rings is 1. The van der Waals surface area contributed by atoms with Crippen molar-refractivity contribution >= 4 is 5.91 Å². The van der Waals surface area contributed by atoms with E-state index in [1.807, 2.05) is 0 Å². The van der Waals surface area contributed by atoms with Crippen molar-refractivity contribution in [3.8, 4) is 5.75 Å². The van der Waals surface area contributed by atoms with E-state index >= 15 is 0 Å². The number of aryl methyl sites for hydroxylation is 1. The molecule has 0 bridgehead atoms. The first-order valence-corrected chi connectivity index (χ1v) is 8.69. The Balaban J connectivity index is 1.58. The van der Waals surface area contributed by atoms with Crippen LogP contribution in [-0.4, -0.2) is 25.6 Å². The standard InChI is InChI=1S/C18H24F2N2O2/c19-18(20)24-14-5-6-15-13(10-14)2-1-3-16(15)22-17(23)7-4-12-8-9-21-11-12/h5-6,10,12,16,18,21H,1-4,7-9,11H2,(H,22,23). The lowest BCUT2D eigenvalue weighted by Crippen LogP contribution is -2.31. The molecule has 3 rings (SSSR count). The first-order chi connectivity index (χ1) is 11.6. The van der Waals surface area contributed by atoms with Gasteiger partial charge < -0.3 is 15.4 Å². The minimum Gasteiger partial charge on any atom is -0.435 e. The van der Waals surface area contributed by atoms with Gasteiger partial charge in [-0.05, 0) is 74.4 Å². The van der Waals surface area contributed by atoms with Crippen LogP contribution in [0.25, 0.3) is 0 Å². The summed E-state index contributed by atoms with van der Waals surface area (Å²) in [5.74, 6) is 0.862. The average molecular weight is 338 g/mol. The smallest absolute Gasteiger partial charge is 0.387 e. The predicted octanol–water partition coefficient (Wildman–Crippen LogP) is 3.17. The largest absolute Gasteiger partial charge is 0.435 e. The van der Waals surface area contributed by atoms with Gasteiger partial charge >= 0.3 is 6.61 Å². The number of carbonyl (C=O) groups excluding carboxylic acids is 1. The molecule has 2 atom stereocenters. The molecule has 1 amide bonds. The molecular formula is C18H24F2N2O2. The number of alkyl halides is 2. The zero-order valence-corrected chi connectivity index (χ0v) is 13.7. The molecule has 0 radical (unpaired) electrons. The molecular weight excluding hydrogens is 314 g/mol. The fraction of sp³-hybridized carbons (Fsp3) is 0.611. The van der Waals surface area contributed by atoms with Crippen LogP contribution in [0.1, 0.15) is 49.3 Å². The molecule has 1 aliphatic heterocycles. The summed E-state index contributed by atoms with van der Waals surface area (Å²) < 4.78 is 29.1. The first kappa shape index (κ1) is 17.1. The van der Waals surface area contributed by atoms with Crippen LogP contribution in [0.15, 0.2) is 18.2 Å². The van der Waals surface area contributed by atoms with Crippen LogP contribution in [-0.2, 0) is 11.2 Å². The van der Waals surface area contributed by atoms with Crippen LogP contribution in [0.4, 0.5) is 8.78 Å². The zero-order chi connectivity index (χ0) is 16.9. The van der Waals surface area contributed by atoms with Gasteiger partial charge in [0.2, 0.25) is 5.91 Å². The van der Waals surface area contributed by atoms with E-state index < -0.39 is 6.61 Å². The van der Waals surface area contributed by atoms with Crippen LogP contribution < -0.4 is 15.4 Å². The van der Waals surface area contributed by atoms with Crippen molar-refractivity contribution < 1.29 is 18.3 Å². The second-order valence-electron chi connectivity index (χ2n) is 6.65.